The maximum Gasteiger partial charge on any atom is 0.344 e. The summed E-state index contributed by atoms with van der Waals surface area (Å²) in [6.45, 7) is 1.31. The number of nitrogen functional groups attached to an aromatic ring is 1. The zero-order valence-corrected chi connectivity index (χ0v) is 15.5. The summed E-state index contributed by atoms with van der Waals surface area (Å²) in [6.07, 6.45) is -1.29. The minimum Gasteiger partial charge on any atom is -0.449 e. The quantitative estimate of drug-likeness (QED) is 0.495. The number of para-hydroxylation sites is 1. The van der Waals surface area contributed by atoms with Gasteiger partial charge in [0.15, 0.2) is 6.10 Å². The van der Waals surface area contributed by atoms with E-state index < -0.39 is 35.2 Å². The van der Waals surface area contributed by atoms with Crippen LogP contribution in [0.5, 0.6) is 0 Å². The molecule has 5 nitrogen and oxygen atoms in total. The summed E-state index contributed by atoms with van der Waals surface area (Å²) in [5.41, 5.74) is 6.44. The highest BCUT2D eigenvalue weighted by Crippen LogP contribution is 2.27. The number of nitrogens with one attached hydrogen (secondary N) is 1. The number of anilines is 2. The molecule has 3 aromatic rings. The van der Waals surface area contributed by atoms with Crippen LogP contribution in [0.3, 0.4) is 0 Å². The van der Waals surface area contributed by atoms with Gasteiger partial charge in [0.2, 0.25) is 0 Å². The van der Waals surface area contributed by atoms with Crippen LogP contribution in [0, 0.1) is 11.6 Å². The van der Waals surface area contributed by atoms with E-state index in [4.69, 9.17) is 10.5 Å². The second-order valence-electron chi connectivity index (χ2n) is 6.31. The molecule has 148 valence electrons. The lowest BCUT2D eigenvalue weighted by molar-refractivity contribution is -0.123. The molecule has 0 radical (unpaired) electrons. The van der Waals surface area contributed by atoms with Gasteiger partial charge >= 0.3 is 5.97 Å². The maximum absolute atomic E-state index is 13.9. The summed E-state index contributed by atoms with van der Waals surface area (Å²) >= 11 is 0. The summed E-state index contributed by atoms with van der Waals surface area (Å²) in [4.78, 5) is 24.6. The van der Waals surface area contributed by atoms with Crippen molar-refractivity contribution in [3.8, 4) is 11.1 Å². The van der Waals surface area contributed by atoms with E-state index >= 15 is 0 Å². The molecule has 3 N–H and O–H groups in total. The lowest BCUT2D eigenvalue weighted by Gasteiger charge is -2.16. The minimum absolute atomic E-state index is 0.167. The topological polar surface area (TPSA) is 81.4 Å². The Hall–Kier alpha value is -3.74. The second-order valence-corrected chi connectivity index (χ2v) is 6.31. The molecule has 0 aliphatic heterocycles. The number of nitrogens with two attached hydrogens (primary N) is 1. The number of ether oxygens (including phenoxy) is 1. The molecule has 7 heteroatoms. The molecule has 1 amide bonds. The Balaban J connectivity index is 1.75. The largest absolute Gasteiger partial charge is 0.449 e. The Morgan fingerprint density at radius 2 is 1.55 bits per heavy atom. The van der Waals surface area contributed by atoms with Crippen molar-refractivity contribution in [2.45, 2.75) is 13.0 Å². The van der Waals surface area contributed by atoms with Gasteiger partial charge in [0.25, 0.3) is 5.91 Å². The first-order valence-electron chi connectivity index (χ1n) is 8.77. The van der Waals surface area contributed by atoms with Crippen LogP contribution in [0.4, 0.5) is 20.2 Å². The molecule has 0 aromatic heterocycles. The van der Waals surface area contributed by atoms with Crippen LogP contribution in [0.15, 0.2) is 66.7 Å². The molecule has 0 fully saturated rings. The van der Waals surface area contributed by atoms with Gasteiger partial charge < -0.3 is 15.8 Å². The molecule has 0 bridgehead atoms. The van der Waals surface area contributed by atoms with Crippen molar-refractivity contribution in [2.75, 3.05) is 11.1 Å². The van der Waals surface area contributed by atoms with Crippen LogP contribution < -0.4 is 11.1 Å². The third kappa shape index (κ3) is 4.57. The molecule has 3 rings (SSSR count). The molecule has 0 saturated carbocycles. The van der Waals surface area contributed by atoms with Crippen molar-refractivity contribution < 1.29 is 23.1 Å². The van der Waals surface area contributed by atoms with E-state index in [9.17, 15) is 18.4 Å². The molecular formula is C22H18F2N2O3. The summed E-state index contributed by atoms with van der Waals surface area (Å²) in [5, 5.41) is 2.68. The molecule has 0 spiro atoms. The van der Waals surface area contributed by atoms with Gasteiger partial charge in [0, 0.05) is 16.9 Å². The van der Waals surface area contributed by atoms with Crippen LogP contribution >= 0.6 is 0 Å². The van der Waals surface area contributed by atoms with Gasteiger partial charge in [-0.3, -0.25) is 4.79 Å². The summed E-state index contributed by atoms with van der Waals surface area (Å²) in [5.74, 6) is -4.25. The van der Waals surface area contributed by atoms with Gasteiger partial charge in [0.05, 0.1) is 0 Å². The number of carbonyl (C=O) groups excluding carboxylic acids is 2. The van der Waals surface area contributed by atoms with Crippen molar-refractivity contribution in [2.24, 2.45) is 0 Å². The van der Waals surface area contributed by atoms with Gasteiger partial charge in [-0.05, 0) is 30.7 Å². The van der Waals surface area contributed by atoms with Gasteiger partial charge in [-0.1, -0.05) is 48.5 Å². The number of esters is 1. The fourth-order valence-corrected chi connectivity index (χ4v) is 2.76. The first kappa shape index (κ1) is 20.0. The standard InChI is InChI=1S/C22H18F2N2O3/c1-13(29-22(28)20-17(23)11-15(25)12-18(20)24)21(27)26-19-10-6-5-9-16(19)14-7-3-2-4-8-14/h2-13H,25H2,1H3,(H,26,27). The minimum atomic E-state index is -1.29. The van der Waals surface area contributed by atoms with E-state index in [1.165, 1.54) is 6.92 Å². The van der Waals surface area contributed by atoms with Crippen LogP contribution in [0.2, 0.25) is 0 Å². The third-order valence-electron chi connectivity index (χ3n) is 4.19. The SMILES string of the molecule is CC(OC(=O)c1c(F)cc(N)cc1F)C(=O)Nc1ccccc1-c1ccccc1. The maximum atomic E-state index is 13.9. The summed E-state index contributed by atoms with van der Waals surface area (Å²) < 4.78 is 32.7. The fourth-order valence-electron chi connectivity index (χ4n) is 2.76. The number of rotatable bonds is 5. The van der Waals surface area contributed by atoms with E-state index in [2.05, 4.69) is 5.32 Å². The van der Waals surface area contributed by atoms with Gasteiger partial charge in [-0.15, -0.1) is 0 Å². The number of amides is 1. The average Bonchev–Trinajstić information content (AvgIpc) is 2.68. The molecule has 0 heterocycles. The Labute approximate surface area is 166 Å². The number of benzene rings is 3. The predicted molar refractivity (Wildman–Crippen MR) is 106 cm³/mol. The lowest BCUT2D eigenvalue weighted by Crippen LogP contribution is -2.30. The molecule has 1 unspecified atom stereocenters. The van der Waals surface area contributed by atoms with Gasteiger partial charge in [0.1, 0.15) is 17.2 Å². The molecule has 3 aromatic carbocycles. The second kappa shape index (κ2) is 8.52. The van der Waals surface area contributed by atoms with Crippen LogP contribution in [0.1, 0.15) is 17.3 Å². The third-order valence-corrected chi connectivity index (χ3v) is 4.19. The Morgan fingerprint density at radius 1 is 0.966 bits per heavy atom. The number of hydrogen-bond donors (Lipinski definition) is 2. The van der Waals surface area contributed by atoms with Crippen LogP contribution in [-0.2, 0) is 9.53 Å². The normalized spacial score (nSPS) is 11.6. The predicted octanol–water partition coefficient (Wildman–Crippen LogP) is 4.40. The molecular weight excluding hydrogens is 378 g/mol. The molecule has 0 saturated heterocycles. The van der Waals surface area contributed by atoms with E-state index in [1.54, 1.807) is 12.1 Å². The van der Waals surface area contributed by atoms with Crippen molar-refractivity contribution in [3.05, 3.63) is 83.9 Å². The fraction of sp³-hybridized carbons (Fsp3) is 0.0909. The Bertz CT molecular complexity index is 1030. The Kier molecular flexibility index (Phi) is 5.87. The van der Waals surface area contributed by atoms with Crippen molar-refractivity contribution in [1.82, 2.24) is 0 Å². The zero-order chi connectivity index (χ0) is 21.0. The summed E-state index contributed by atoms with van der Waals surface area (Å²) in [6, 6.07) is 18.1. The zero-order valence-electron chi connectivity index (χ0n) is 15.5. The van der Waals surface area contributed by atoms with E-state index in [0.29, 0.717) is 5.69 Å². The van der Waals surface area contributed by atoms with Crippen LogP contribution in [0.25, 0.3) is 11.1 Å². The monoisotopic (exact) mass is 396 g/mol. The van der Waals surface area contributed by atoms with Crippen molar-refractivity contribution in [1.29, 1.82) is 0 Å². The highest BCUT2D eigenvalue weighted by Gasteiger charge is 2.25. The smallest absolute Gasteiger partial charge is 0.344 e. The molecule has 0 aliphatic carbocycles. The molecule has 29 heavy (non-hydrogen) atoms. The van der Waals surface area contributed by atoms with Crippen molar-refractivity contribution >= 4 is 23.3 Å². The first-order chi connectivity index (χ1) is 13.9. The van der Waals surface area contributed by atoms with E-state index in [1.807, 2.05) is 42.5 Å². The number of halogens is 2. The average molecular weight is 396 g/mol. The van der Waals surface area contributed by atoms with E-state index in [0.717, 1.165) is 23.3 Å². The summed E-state index contributed by atoms with van der Waals surface area (Å²) in [7, 11) is 0. The molecule has 0 aliphatic rings. The first-order valence-corrected chi connectivity index (χ1v) is 8.77. The van der Waals surface area contributed by atoms with Crippen LogP contribution in [-0.4, -0.2) is 18.0 Å². The van der Waals surface area contributed by atoms with Gasteiger partial charge in [-0.25, -0.2) is 13.6 Å². The molecule has 1 atom stereocenters. The highest BCUT2D eigenvalue weighted by atomic mass is 19.1. The number of carbonyl (C=O) groups is 2. The lowest BCUT2D eigenvalue weighted by atomic mass is 10.0. The number of hydrogen-bond acceptors (Lipinski definition) is 4. The van der Waals surface area contributed by atoms with Gasteiger partial charge in [-0.2, -0.15) is 0 Å². The highest BCUT2D eigenvalue weighted by molar-refractivity contribution is 6.00. The van der Waals surface area contributed by atoms with E-state index in [-0.39, 0.29) is 5.69 Å². The Morgan fingerprint density at radius 3 is 2.21 bits per heavy atom. The van der Waals surface area contributed by atoms with Crippen molar-refractivity contribution in [3.63, 3.8) is 0 Å².